The number of hydrogen-bond acceptors (Lipinski definition) is 3. The smallest absolute Gasteiger partial charge is 0.123 e. The van der Waals surface area contributed by atoms with Crippen molar-refractivity contribution in [2.24, 2.45) is 0 Å². The van der Waals surface area contributed by atoms with E-state index in [-0.39, 0.29) is 5.82 Å². The molecule has 124 valence electrons. The van der Waals surface area contributed by atoms with E-state index in [0.717, 1.165) is 36.7 Å². The number of hydrogen-bond donors (Lipinski definition) is 1. The van der Waals surface area contributed by atoms with E-state index in [1.165, 1.54) is 30.5 Å². The maximum absolute atomic E-state index is 13.1. The first-order valence-corrected chi connectivity index (χ1v) is 8.29. The molecule has 0 bridgehead atoms. The highest BCUT2D eigenvalue weighted by molar-refractivity contribution is 5.37. The Labute approximate surface area is 137 Å². The lowest BCUT2D eigenvalue weighted by Crippen LogP contribution is -2.44. The van der Waals surface area contributed by atoms with E-state index in [9.17, 15) is 4.39 Å². The Morgan fingerprint density at radius 2 is 2.00 bits per heavy atom. The molecule has 1 atom stereocenters. The molecule has 1 aliphatic rings. The number of halogens is 1. The van der Waals surface area contributed by atoms with Crippen molar-refractivity contribution in [3.8, 4) is 5.69 Å². The first-order valence-electron chi connectivity index (χ1n) is 8.29. The summed E-state index contributed by atoms with van der Waals surface area (Å²) in [7, 11) is 2.04. The van der Waals surface area contributed by atoms with Gasteiger partial charge in [0.05, 0.1) is 11.4 Å². The Kier molecular flexibility index (Phi) is 4.78. The van der Waals surface area contributed by atoms with Gasteiger partial charge in [-0.3, -0.25) is 4.90 Å². The first-order chi connectivity index (χ1) is 11.1. The van der Waals surface area contributed by atoms with Crippen LogP contribution in [-0.4, -0.2) is 40.9 Å². The molecule has 1 unspecified atom stereocenters. The molecule has 1 N–H and O–H groups in total. The third-order valence-electron chi connectivity index (χ3n) is 4.81. The molecule has 2 aromatic rings. The fourth-order valence-electron chi connectivity index (χ4n) is 3.40. The van der Waals surface area contributed by atoms with Crippen LogP contribution in [0.25, 0.3) is 5.69 Å². The van der Waals surface area contributed by atoms with Crippen molar-refractivity contribution < 1.29 is 4.39 Å². The van der Waals surface area contributed by atoms with E-state index in [1.807, 2.05) is 11.7 Å². The first kappa shape index (κ1) is 16.1. The summed E-state index contributed by atoms with van der Waals surface area (Å²) in [6.45, 7) is 7.30. The molecule has 23 heavy (non-hydrogen) atoms. The highest BCUT2D eigenvalue weighted by Crippen LogP contribution is 2.21. The SMILES string of the molecule is CNC1CCCN(Cc2c(C)nn(-c3ccc(F)cc3)c2C)C1. The minimum absolute atomic E-state index is 0.220. The van der Waals surface area contributed by atoms with Gasteiger partial charge in [-0.2, -0.15) is 5.10 Å². The maximum Gasteiger partial charge on any atom is 0.123 e. The van der Waals surface area contributed by atoms with Crippen LogP contribution in [0, 0.1) is 19.7 Å². The van der Waals surface area contributed by atoms with Gasteiger partial charge in [-0.15, -0.1) is 0 Å². The largest absolute Gasteiger partial charge is 0.316 e. The standard InChI is InChI=1S/C18H25FN4/c1-13-18(12-22-10-4-5-16(11-22)20-3)14(2)23(21-13)17-8-6-15(19)7-9-17/h6-9,16,20H,4-5,10-12H2,1-3H3. The molecule has 1 aliphatic heterocycles. The molecule has 0 spiro atoms. The topological polar surface area (TPSA) is 33.1 Å². The molecule has 0 aliphatic carbocycles. The molecule has 3 rings (SSSR count). The van der Waals surface area contributed by atoms with Crippen molar-refractivity contribution in [3.63, 3.8) is 0 Å². The van der Waals surface area contributed by atoms with Gasteiger partial charge in [0.2, 0.25) is 0 Å². The summed E-state index contributed by atoms with van der Waals surface area (Å²) in [6.07, 6.45) is 2.48. The van der Waals surface area contributed by atoms with Crippen LogP contribution >= 0.6 is 0 Å². The monoisotopic (exact) mass is 316 g/mol. The minimum Gasteiger partial charge on any atom is -0.316 e. The Balaban J connectivity index is 1.82. The second kappa shape index (κ2) is 6.81. The Morgan fingerprint density at radius 1 is 1.26 bits per heavy atom. The predicted molar refractivity (Wildman–Crippen MR) is 90.4 cm³/mol. The average molecular weight is 316 g/mol. The van der Waals surface area contributed by atoms with Crippen molar-refractivity contribution in [1.29, 1.82) is 0 Å². The van der Waals surface area contributed by atoms with E-state index < -0.39 is 0 Å². The lowest BCUT2D eigenvalue weighted by Gasteiger charge is -2.32. The van der Waals surface area contributed by atoms with Gasteiger partial charge in [0, 0.05) is 30.4 Å². The molecule has 1 fully saturated rings. The number of aryl methyl sites for hydroxylation is 1. The Morgan fingerprint density at radius 3 is 2.70 bits per heavy atom. The zero-order valence-corrected chi connectivity index (χ0v) is 14.1. The summed E-state index contributed by atoms with van der Waals surface area (Å²) in [6, 6.07) is 7.09. The fraction of sp³-hybridized carbons (Fsp3) is 0.500. The number of piperidine rings is 1. The fourth-order valence-corrected chi connectivity index (χ4v) is 3.40. The van der Waals surface area contributed by atoms with E-state index in [1.54, 1.807) is 12.1 Å². The highest BCUT2D eigenvalue weighted by atomic mass is 19.1. The molecule has 1 aromatic carbocycles. The van der Waals surface area contributed by atoms with Gasteiger partial charge >= 0.3 is 0 Å². The third-order valence-corrected chi connectivity index (χ3v) is 4.81. The number of nitrogens with one attached hydrogen (secondary N) is 1. The second-order valence-corrected chi connectivity index (χ2v) is 6.40. The third kappa shape index (κ3) is 3.46. The average Bonchev–Trinajstić information content (AvgIpc) is 2.84. The Bertz CT molecular complexity index is 662. The molecule has 2 heterocycles. The lowest BCUT2D eigenvalue weighted by molar-refractivity contribution is 0.187. The van der Waals surface area contributed by atoms with Crippen molar-refractivity contribution in [3.05, 3.63) is 47.0 Å². The van der Waals surface area contributed by atoms with Crippen molar-refractivity contribution >= 4 is 0 Å². The highest BCUT2D eigenvalue weighted by Gasteiger charge is 2.21. The number of likely N-dealkylation sites (tertiary alicyclic amines) is 1. The van der Waals surface area contributed by atoms with Gasteiger partial charge < -0.3 is 5.32 Å². The summed E-state index contributed by atoms with van der Waals surface area (Å²) in [4.78, 5) is 2.50. The zero-order chi connectivity index (χ0) is 16.4. The van der Waals surface area contributed by atoms with Crippen LogP contribution in [-0.2, 0) is 6.54 Å². The summed E-state index contributed by atoms with van der Waals surface area (Å²) in [5, 5.41) is 8.05. The predicted octanol–water partition coefficient (Wildman–Crippen LogP) is 2.81. The number of nitrogens with zero attached hydrogens (tertiary/aromatic N) is 3. The summed E-state index contributed by atoms with van der Waals surface area (Å²) in [5.41, 5.74) is 4.38. The summed E-state index contributed by atoms with van der Waals surface area (Å²) >= 11 is 0. The van der Waals surface area contributed by atoms with E-state index in [0.29, 0.717) is 6.04 Å². The quantitative estimate of drug-likeness (QED) is 0.941. The Hall–Kier alpha value is -1.72. The molecule has 0 saturated carbocycles. The van der Waals surface area contributed by atoms with Crippen LogP contribution in [0.2, 0.25) is 0 Å². The molecule has 0 amide bonds. The number of benzene rings is 1. The van der Waals surface area contributed by atoms with Crippen LogP contribution in [0.15, 0.2) is 24.3 Å². The summed E-state index contributed by atoms with van der Waals surface area (Å²) in [5.74, 6) is -0.220. The molecule has 1 saturated heterocycles. The molecule has 1 aromatic heterocycles. The van der Waals surface area contributed by atoms with Gasteiger partial charge in [0.15, 0.2) is 0 Å². The van der Waals surface area contributed by atoms with Gasteiger partial charge in [0.1, 0.15) is 5.82 Å². The van der Waals surface area contributed by atoms with Crippen molar-refractivity contribution in [1.82, 2.24) is 20.0 Å². The van der Waals surface area contributed by atoms with E-state index >= 15 is 0 Å². The normalized spacial score (nSPS) is 19.2. The minimum atomic E-state index is -0.220. The molecular weight excluding hydrogens is 291 g/mol. The van der Waals surface area contributed by atoms with Gasteiger partial charge in [-0.25, -0.2) is 9.07 Å². The van der Waals surface area contributed by atoms with Crippen molar-refractivity contribution in [2.75, 3.05) is 20.1 Å². The zero-order valence-electron chi connectivity index (χ0n) is 14.1. The van der Waals surface area contributed by atoms with Crippen LogP contribution in [0.3, 0.4) is 0 Å². The van der Waals surface area contributed by atoms with Gasteiger partial charge in [0.25, 0.3) is 0 Å². The number of rotatable bonds is 4. The molecule has 5 heteroatoms. The van der Waals surface area contributed by atoms with E-state index in [4.69, 9.17) is 0 Å². The van der Waals surface area contributed by atoms with Crippen LogP contribution < -0.4 is 5.32 Å². The second-order valence-electron chi connectivity index (χ2n) is 6.40. The molecule has 0 radical (unpaired) electrons. The van der Waals surface area contributed by atoms with Crippen LogP contribution in [0.4, 0.5) is 4.39 Å². The lowest BCUT2D eigenvalue weighted by atomic mass is 10.0. The number of aromatic nitrogens is 2. The van der Waals surface area contributed by atoms with Gasteiger partial charge in [-0.1, -0.05) is 0 Å². The maximum atomic E-state index is 13.1. The van der Waals surface area contributed by atoms with Gasteiger partial charge in [-0.05, 0) is 64.5 Å². The van der Waals surface area contributed by atoms with Crippen LogP contribution in [0.1, 0.15) is 29.8 Å². The van der Waals surface area contributed by atoms with Crippen LogP contribution in [0.5, 0.6) is 0 Å². The molecule has 4 nitrogen and oxygen atoms in total. The summed E-state index contributed by atoms with van der Waals surface area (Å²) < 4.78 is 15.0. The van der Waals surface area contributed by atoms with Crippen molar-refractivity contribution in [2.45, 2.75) is 39.3 Å². The number of likely N-dealkylation sites (N-methyl/N-ethyl adjacent to an activating group) is 1. The van der Waals surface area contributed by atoms with E-state index in [2.05, 4.69) is 29.2 Å². The molecular formula is C18H25FN4.